The molecule has 1 heterocycles. The van der Waals surface area contributed by atoms with Crippen LogP contribution in [0.3, 0.4) is 0 Å². The van der Waals surface area contributed by atoms with Crippen LogP contribution in [0.25, 0.3) is 0 Å². The van der Waals surface area contributed by atoms with Gasteiger partial charge in [-0.15, -0.1) is 0 Å². The van der Waals surface area contributed by atoms with Gasteiger partial charge >= 0.3 is 0 Å². The van der Waals surface area contributed by atoms with Crippen LogP contribution in [0, 0.1) is 12.7 Å². The fourth-order valence-electron chi connectivity index (χ4n) is 3.02. The van der Waals surface area contributed by atoms with E-state index in [1.54, 1.807) is 36.7 Å². The molecule has 0 amide bonds. The summed E-state index contributed by atoms with van der Waals surface area (Å²) in [7, 11) is -3.60. The normalized spacial score (nSPS) is 11.7. The number of sulfonamides is 1. The molecule has 0 bridgehead atoms. The van der Waals surface area contributed by atoms with E-state index >= 15 is 0 Å². The van der Waals surface area contributed by atoms with Crippen molar-refractivity contribution < 1.29 is 12.8 Å². The molecule has 6 heteroatoms. The molecule has 0 N–H and O–H groups in total. The van der Waals surface area contributed by atoms with Crippen LogP contribution in [0.15, 0.2) is 73.1 Å². The van der Waals surface area contributed by atoms with Crippen molar-refractivity contribution in [2.24, 2.45) is 0 Å². The summed E-state index contributed by atoms with van der Waals surface area (Å²) >= 11 is 0. The van der Waals surface area contributed by atoms with E-state index in [9.17, 15) is 12.8 Å². The largest absolute Gasteiger partial charge is 0.264 e. The van der Waals surface area contributed by atoms with E-state index in [1.165, 1.54) is 10.4 Å². The molecule has 0 aliphatic carbocycles. The fourth-order valence-corrected chi connectivity index (χ4v) is 4.63. The molecule has 1 aromatic heterocycles. The minimum Gasteiger partial charge on any atom is -0.264 e. The lowest BCUT2D eigenvalue weighted by atomic mass is 10.1. The molecule has 2 aromatic carbocycles. The van der Waals surface area contributed by atoms with Gasteiger partial charge in [0.2, 0.25) is 10.0 Å². The van der Waals surface area contributed by atoms with Crippen LogP contribution in [0.5, 0.6) is 0 Å². The first-order valence-corrected chi connectivity index (χ1v) is 10.7. The predicted octanol–water partition coefficient (Wildman–Crippen LogP) is 4.10. The topological polar surface area (TPSA) is 50.3 Å². The smallest absolute Gasteiger partial charge is 0.218 e. The van der Waals surface area contributed by atoms with Crippen molar-refractivity contribution in [1.82, 2.24) is 9.29 Å². The van der Waals surface area contributed by atoms with E-state index in [-0.39, 0.29) is 24.7 Å². The lowest BCUT2D eigenvalue weighted by Gasteiger charge is -2.23. The number of benzene rings is 2. The predicted molar refractivity (Wildman–Crippen MR) is 109 cm³/mol. The van der Waals surface area contributed by atoms with Gasteiger partial charge in [-0.1, -0.05) is 48.5 Å². The van der Waals surface area contributed by atoms with Gasteiger partial charge in [-0.25, -0.2) is 12.8 Å². The van der Waals surface area contributed by atoms with Crippen molar-refractivity contribution >= 4 is 10.0 Å². The molecular weight excluding hydrogens is 375 g/mol. The molecule has 0 fully saturated rings. The van der Waals surface area contributed by atoms with Crippen molar-refractivity contribution in [3.8, 4) is 0 Å². The molecule has 0 aliphatic rings. The summed E-state index contributed by atoms with van der Waals surface area (Å²) < 4.78 is 41.8. The lowest BCUT2D eigenvalue weighted by Crippen LogP contribution is -2.33. The maximum absolute atomic E-state index is 14.0. The second-order valence-corrected chi connectivity index (χ2v) is 8.69. The van der Waals surface area contributed by atoms with Gasteiger partial charge in [0.25, 0.3) is 0 Å². The lowest BCUT2D eigenvalue weighted by molar-refractivity contribution is 0.405. The molecule has 0 aliphatic heterocycles. The molecule has 0 spiro atoms. The summed E-state index contributed by atoms with van der Waals surface area (Å²) in [5.41, 5.74) is 3.00. The zero-order chi connectivity index (χ0) is 20.0. The highest BCUT2D eigenvalue weighted by molar-refractivity contribution is 7.88. The van der Waals surface area contributed by atoms with Gasteiger partial charge in [-0.05, 0) is 47.7 Å². The number of rotatable bonds is 8. The van der Waals surface area contributed by atoms with Gasteiger partial charge < -0.3 is 0 Å². The highest BCUT2D eigenvalue weighted by atomic mass is 32.2. The second kappa shape index (κ2) is 9.08. The molecule has 28 heavy (non-hydrogen) atoms. The zero-order valence-electron chi connectivity index (χ0n) is 15.8. The minimum absolute atomic E-state index is 0.0861. The Morgan fingerprint density at radius 1 is 0.964 bits per heavy atom. The number of hydrogen-bond acceptors (Lipinski definition) is 3. The minimum atomic E-state index is -3.60. The highest BCUT2D eigenvalue weighted by Gasteiger charge is 2.24. The van der Waals surface area contributed by atoms with Crippen LogP contribution in [0.4, 0.5) is 4.39 Å². The molecule has 146 valence electrons. The summed E-state index contributed by atoms with van der Waals surface area (Å²) in [6.45, 7) is 2.30. The van der Waals surface area contributed by atoms with Crippen LogP contribution < -0.4 is 0 Å². The summed E-state index contributed by atoms with van der Waals surface area (Å²) in [6, 6.07) is 17.5. The molecular formula is C22H23FN2O2S. The van der Waals surface area contributed by atoms with Gasteiger partial charge in [-0.2, -0.15) is 4.31 Å². The highest BCUT2D eigenvalue weighted by Crippen LogP contribution is 2.18. The maximum atomic E-state index is 14.0. The molecule has 0 unspecified atom stereocenters. The monoisotopic (exact) mass is 398 g/mol. The quantitative estimate of drug-likeness (QED) is 0.574. The number of hydrogen-bond donors (Lipinski definition) is 0. The first-order valence-electron chi connectivity index (χ1n) is 9.10. The van der Waals surface area contributed by atoms with E-state index in [0.29, 0.717) is 12.0 Å². The second-order valence-electron chi connectivity index (χ2n) is 6.72. The Morgan fingerprint density at radius 2 is 1.68 bits per heavy atom. The van der Waals surface area contributed by atoms with Gasteiger partial charge in [0.15, 0.2) is 0 Å². The number of nitrogens with zero attached hydrogens (tertiary/aromatic N) is 2. The van der Waals surface area contributed by atoms with Crippen LogP contribution in [-0.2, 0) is 28.7 Å². The van der Waals surface area contributed by atoms with Gasteiger partial charge in [0.05, 0.1) is 5.75 Å². The molecule has 0 atom stereocenters. The first-order chi connectivity index (χ1) is 13.5. The summed E-state index contributed by atoms with van der Waals surface area (Å²) in [6.07, 6.45) is 3.61. The van der Waals surface area contributed by atoms with Crippen molar-refractivity contribution in [2.75, 3.05) is 6.54 Å². The Bertz CT molecular complexity index is 1020. The SMILES string of the molecule is Cc1ccccc1CS(=O)(=O)N(CCc1ccccc1F)Cc1cccnc1. The maximum Gasteiger partial charge on any atom is 0.218 e. The van der Waals surface area contributed by atoms with Crippen molar-refractivity contribution in [1.29, 1.82) is 0 Å². The van der Waals surface area contributed by atoms with Crippen LogP contribution >= 0.6 is 0 Å². The Hall–Kier alpha value is -2.57. The van der Waals surface area contributed by atoms with E-state index in [0.717, 1.165) is 16.7 Å². The average Bonchev–Trinajstić information content (AvgIpc) is 2.68. The molecule has 0 saturated carbocycles. The van der Waals surface area contributed by atoms with E-state index in [4.69, 9.17) is 0 Å². The Labute approximate surface area is 165 Å². The van der Waals surface area contributed by atoms with E-state index < -0.39 is 10.0 Å². The Balaban J connectivity index is 1.84. The number of pyridine rings is 1. The van der Waals surface area contributed by atoms with Crippen molar-refractivity contribution in [3.05, 3.63) is 101 Å². The molecule has 4 nitrogen and oxygen atoms in total. The van der Waals surface area contributed by atoms with Crippen LogP contribution in [0.2, 0.25) is 0 Å². The number of aryl methyl sites for hydroxylation is 1. The van der Waals surface area contributed by atoms with Gasteiger partial charge in [0.1, 0.15) is 5.82 Å². The average molecular weight is 399 g/mol. The van der Waals surface area contributed by atoms with Gasteiger partial charge in [-0.3, -0.25) is 4.98 Å². The third-order valence-electron chi connectivity index (χ3n) is 4.66. The Kier molecular flexibility index (Phi) is 6.54. The van der Waals surface area contributed by atoms with E-state index in [2.05, 4.69) is 4.98 Å². The molecule has 3 aromatic rings. The summed E-state index contributed by atoms with van der Waals surface area (Å²) in [5.74, 6) is -0.405. The summed E-state index contributed by atoms with van der Waals surface area (Å²) in [5, 5.41) is 0. The van der Waals surface area contributed by atoms with Crippen LogP contribution in [-0.4, -0.2) is 24.3 Å². The van der Waals surface area contributed by atoms with Gasteiger partial charge in [0, 0.05) is 25.5 Å². The van der Waals surface area contributed by atoms with Crippen LogP contribution in [0.1, 0.15) is 22.3 Å². The third kappa shape index (κ3) is 5.24. The molecule has 3 rings (SSSR count). The van der Waals surface area contributed by atoms with E-state index in [1.807, 2.05) is 37.3 Å². The molecule has 0 saturated heterocycles. The molecule has 0 radical (unpaired) electrons. The Morgan fingerprint density at radius 3 is 2.36 bits per heavy atom. The number of halogens is 1. The fraction of sp³-hybridized carbons (Fsp3) is 0.227. The zero-order valence-corrected chi connectivity index (χ0v) is 16.6. The van der Waals surface area contributed by atoms with Crippen molar-refractivity contribution in [2.45, 2.75) is 25.6 Å². The summed E-state index contributed by atoms with van der Waals surface area (Å²) in [4.78, 5) is 4.07. The number of aromatic nitrogens is 1. The third-order valence-corrected chi connectivity index (χ3v) is 6.44. The first kappa shape index (κ1) is 20.2. The standard InChI is InChI=1S/C22H23FN2O2S/c1-18-7-2-3-10-21(18)17-28(26,27)25(16-19-8-6-13-24-15-19)14-12-20-9-4-5-11-22(20)23/h2-11,13,15H,12,14,16-17H2,1H3. The van der Waals surface area contributed by atoms with Crippen molar-refractivity contribution in [3.63, 3.8) is 0 Å².